The molecule has 1 aliphatic carbocycles. The van der Waals surface area contributed by atoms with Crippen molar-refractivity contribution in [1.29, 1.82) is 0 Å². The van der Waals surface area contributed by atoms with Gasteiger partial charge < -0.3 is 5.11 Å². The highest BCUT2D eigenvalue weighted by Gasteiger charge is 2.44. The number of carbonyl (C=O) groups is 2. The number of β-amino-alcohol motifs (C(OH)–C–C–N with tert-alkyl or cyclic N) is 1. The molecule has 88 valence electrons. The summed E-state index contributed by atoms with van der Waals surface area (Å²) in [7, 11) is 0. The maximum absolute atomic E-state index is 12.0. The van der Waals surface area contributed by atoms with Gasteiger partial charge in [-0.15, -0.1) is 0 Å². The van der Waals surface area contributed by atoms with E-state index >= 15 is 0 Å². The lowest BCUT2D eigenvalue weighted by Crippen LogP contribution is -2.49. The van der Waals surface area contributed by atoms with Crippen LogP contribution in [0.1, 0.15) is 40.1 Å². The van der Waals surface area contributed by atoms with Crippen molar-refractivity contribution in [2.75, 3.05) is 6.54 Å². The van der Waals surface area contributed by atoms with Crippen molar-refractivity contribution < 1.29 is 14.7 Å². The number of pyridine rings is 1. The molecule has 5 heteroatoms. The maximum Gasteiger partial charge on any atom is 0.280 e. The van der Waals surface area contributed by atoms with Crippen LogP contribution in [-0.2, 0) is 0 Å². The third-order valence-electron chi connectivity index (χ3n) is 3.47. The molecule has 0 spiro atoms. The first-order chi connectivity index (χ1) is 8.11. The van der Waals surface area contributed by atoms with Crippen LogP contribution >= 0.6 is 0 Å². The van der Waals surface area contributed by atoms with Crippen LogP contribution < -0.4 is 0 Å². The quantitative estimate of drug-likeness (QED) is 0.758. The van der Waals surface area contributed by atoms with Crippen LogP contribution in [0.2, 0.25) is 0 Å². The van der Waals surface area contributed by atoms with Gasteiger partial charge in [-0.2, -0.15) is 0 Å². The molecule has 2 aliphatic rings. The van der Waals surface area contributed by atoms with Crippen molar-refractivity contribution in [2.45, 2.75) is 24.9 Å². The average Bonchev–Trinajstić information content (AvgIpc) is 2.53. The van der Waals surface area contributed by atoms with E-state index in [1.54, 1.807) is 12.1 Å². The standard InChI is InChI=1S/C12H12N2O3/c15-10-8-3-1-6-13-9(8)11(16)14(10)7-12(17)4-2-5-12/h1,3,6,17H,2,4-5,7H2. The van der Waals surface area contributed by atoms with E-state index in [0.29, 0.717) is 18.4 Å². The molecular formula is C12H12N2O3. The van der Waals surface area contributed by atoms with Gasteiger partial charge in [-0.3, -0.25) is 19.5 Å². The Morgan fingerprint density at radius 2 is 2.12 bits per heavy atom. The molecule has 5 nitrogen and oxygen atoms in total. The Balaban J connectivity index is 1.90. The van der Waals surface area contributed by atoms with E-state index < -0.39 is 11.5 Å². The van der Waals surface area contributed by atoms with Crippen molar-refractivity contribution >= 4 is 11.8 Å². The molecule has 0 radical (unpaired) electrons. The van der Waals surface area contributed by atoms with Crippen LogP contribution in [0.25, 0.3) is 0 Å². The molecule has 1 saturated carbocycles. The second kappa shape index (κ2) is 3.37. The Kier molecular flexibility index (Phi) is 2.06. The number of carbonyl (C=O) groups excluding carboxylic acids is 2. The Labute approximate surface area is 98.1 Å². The minimum absolute atomic E-state index is 0.0844. The molecule has 0 bridgehead atoms. The van der Waals surface area contributed by atoms with Crippen LogP contribution in [0, 0.1) is 0 Å². The second-order valence-corrected chi connectivity index (χ2v) is 4.67. The number of amides is 2. The third kappa shape index (κ3) is 1.46. The number of nitrogens with zero attached hydrogens (tertiary/aromatic N) is 2. The maximum atomic E-state index is 12.0. The highest BCUT2D eigenvalue weighted by atomic mass is 16.3. The smallest absolute Gasteiger partial charge is 0.280 e. The number of aliphatic hydroxyl groups is 1. The fourth-order valence-corrected chi connectivity index (χ4v) is 2.29. The lowest BCUT2D eigenvalue weighted by molar-refractivity contribution is -0.0487. The predicted molar refractivity (Wildman–Crippen MR) is 58.4 cm³/mol. The van der Waals surface area contributed by atoms with Crippen molar-refractivity contribution in [3.8, 4) is 0 Å². The fraction of sp³-hybridized carbons (Fsp3) is 0.417. The van der Waals surface area contributed by atoms with Gasteiger partial charge in [0.2, 0.25) is 0 Å². The van der Waals surface area contributed by atoms with Crippen molar-refractivity contribution in [1.82, 2.24) is 9.88 Å². The van der Waals surface area contributed by atoms with Crippen LogP contribution in [0.15, 0.2) is 18.3 Å². The van der Waals surface area contributed by atoms with Gasteiger partial charge in [0.05, 0.1) is 17.7 Å². The number of rotatable bonds is 2. The van der Waals surface area contributed by atoms with E-state index in [4.69, 9.17) is 0 Å². The van der Waals surface area contributed by atoms with Gasteiger partial charge in [0.15, 0.2) is 0 Å². The summed E-state index contributed by atoms with van der Waals surface area (Å²) in [6.07, 6.45) is 3.73. The Bertz CT molecular complexity index is 473. The van der Waals surface area contributed by atoms with Gasteiger partial charge in [-0.05, 0) is 31.4 Å². The summed E-state index contributed by atoms with van der Waals surface area (Å²) >= 11 is 0. The molecule has 3 rings (SSSR count). The van der Waals surface area contributed by atoms with Crippen LogP contribution in [-0.4, -0.2) is 39.0 Å². The summed E-state index contributed by atoms with van der Waals surface area (Å²) in [6.45, 7) is 0.0844. The zero-order valence-corrected chi connectivity index (χ0v) is 9.22. The Morgan fingerprint density at radius 1 is 1.35 bits per heavy atom. The summed E-state index contributed by atoms with van der Waals surface area (Å²) in [5.41, 5.74) is -0.353. The zero-order chi connectivity index (χ0) is 12.0. The van der Waals surface area contributed by atoms with E-state index in [9.17, 15) is 14.7 Å². The van der Waals surface area contributed by atoms with E-state index in [2.05, 4.69) is 4.98 Å². The van der Waals surface area contributed by atoms with Gasteiger partial charge in [0.25, 0.3) is 11.8 Å². The number of aromatic nitrogens is 1. The topological polar surface area (TPSA) is 70.5 Å². The molecule has 0 saturated heterocycles. The summed E-state index contributed by atoms with van der Waals surface area (Å²) < 4.78 is 0. The minimum Gasteiger partial charge on any atom is -0.388 e. The number of hydrogen-bond acceptors (Lipinski definition) is 4. The first-order valence-corrected chi connectivity index (χ1v) is 5.64. The Hall–Kier alpha value is -1.75. The first-order valence-electron chi connectivity index (χ1n) is 5.64. The molecule has 2 heterocycles. The Morgan fingerprint density at radius 3 is 2.71 bits per heavy atom. The summed E-state index contributed by atoms with van der Waals surface area (Å²) in [5, 5.41) is 10.0. The zero-order valence-electron chi connectivity index (χ0n) is 9.22. The van der Waals surface area contributed by atoms with Crippen LogP contribution in [0.5, 0.6) is 0 Å². The first kappa shape index (κ1) is 10.4. The highest BCUT2D eigenvalue weighted by Crippen LogP contribution is 2.34. The number of fused-ring (bicyclic) bond motifs is 1. The van der Waals surface area contributed by atoms with Gasteiger partial charge in [-0.25, -0.2) is 0 Å². The van der Waals surface area contributed by atoms with E-state index in [0.717, 1.165) is 11.3 Å². The molecule has 17 heavy (non-hydrogen) atoms. The van der Waals surface area contributed by atoms with Gasteiger partial charge in [-0.1, -0.05) is 0 Å². The lowest BCUT2D eigenvalue weighted by Gasteiger charge is -2.38. The summed E-state index contributed by atoms with van der Waals surface area (Å²) in [5.74, 6) is -0.746. The van der Waals surface area contributed by atoms with Crippen LogP contribution in [0.3, 0.4) is 0 Å². The molecule has 0 atom stereocenters. The number of hydrogen-bond donors (Lipinski definition) is 1. The highest BCUT2D eigenvalue weighted by molar-refractivity contribution is 6.20. The van der Waals surface area contributed by atoms with Gasteiger partial charge in [0, 0.05) is 6.20 Å². The van der Waals surface area contributed by atoms with Crippen molar-refractivity contribution in [3.05, 3.63) is 29.6 Å². The lowest BCUT2D eigenvalue weighted by atomic mass is 9.80. The van der Waals surface area contributed by atoms with Crippen molar-refractivity contribution in [3.63, 3.8) is 0 Å². The monoisotopic (exact) mass is 232 g/mol. The normalized spacial score (nSPS) is 21.4. The van der Waals surface area contributed by atoms with E-state index in [-0.39, 0.29) is 18.1 Å². The number of imide groups is 1. The van der Waals surface area contributed by atoms with E-state index in [1.165, 1.54) is 6.20 Å². The molecule has 1 aromatic rings. The molecule has 1 N–H and O–H groups in total. The fourth-order valence-electron chi connectivity index (χ4n) is 2.29. The molecule has 2 amide bonds. The third-order valence-corrected chi connectivity index (χ3v) is 3.47. The molecule has 1 fully saturated rings. The summed E-state index contributed by atoms with van der Waals surface area (Å²) in [4.78, 5) is 29.0. The van der Waals surface area contributed by atoms with E-state index in [1.807, 2.05) is 0 Å². The molecule has 1 aromatic heterocycles. The summed E-state index contributed by atoms with van der Waals surface area (Å²) in [6, 6.07) is 3.22. The van der Waals surface area contributed by atoms with Gasteiger partial charge in [0.1, 0.15) is 5.69 Å². The molecule has 0 unspecified atom stereocenters. The molecule has 1 aliphatic heterocycles. The largest absolute Gasteiger partial charge is 0.388 e. The van der Waals surface area contributed by atoms with Crippen molar-refractivity contribution in [2.24, 2.45) is 0 Å². The molecule has 0 aromatic carbocycles. The van der Waals surface area contributed by atoms with Crippen LogP contribution in [0.4, 0.5) is 0 Å². The average molecular weight is 232 g/mol. The molecular weight excluding hydrogens is 220 g/mol. The predicted octanol–water partition coefficient (Wildman–Crippen LogP) is 0.593. The van der Waals surface area contributed by atoms with Gasteiger partial charge >= 0.3 is 0 Å². The minimum atomic E-state index is -0.882. The SMILES string of the molecule is O=C1c2cccnc2C(=O)N1CC1(O)CCC1. The second-order valence-electron chi connectivity index (χ2n) is 4.67.